The van der Waals surface area contributed by atoms with Gasteiger partial charge in [0.2, 0.25) is 0 Å². The average molecular weight is 469 g/mol. The molecule has 0 radical (unpaired) electrons. The Balaban J connectivity index is 1.36. The van der Waals surface area contributed by atoms with Crippen molar-refractivity contribution >= 4 is 17.8 Å². The Labute approximate surface area is 192 Å². The highest BCUT2D eigenvalue weighted by Gasteiger charge is 2.47. The minimum absolute atomic E-state index is 0.105. The van der Waals surface area contributed by atoms with Gasteiger partial charge in [-0.1, -0.05) is 0 Å². The quantitative estimate of drug-likeness (QED) is 0.680. The standard InChI is InChI=1S/C23H31F3N4O3/c1-27(2)21(31)30-15-23(18-11-17(24)3-4-19(18)30)6-9-28(10-7-23)12-16-5-8-29(13-16)22(32)33-14-20(25)26/h3-4,11,16,20H,5-10,12-15H2,1-2H3/t16-/m0/s1. The minimum Gasteiger partial charge on any atom is -0.443 e. The van der Waals surface area contributed by atoms with Gasteiger partial charge in [-0.15, -0.1) is 0 Å². The van der Waals surface area contributed by atoms with E-state index in [1.165, 1.54) is 11.0 Å². The number of fused-ring (bicyclic) bond motifs is 2. The Morgan fingerprint density at radius 3 is 2.61 bits per heavy atom. The molecule has 10 heteroatoms. The zero-order valence-electron chi connectivity index (χ0n) is 19.1. The maximum absolute atomic E-state index is 14.1. The second-order valence-corrected chi connectivity index (χ2v) is 9.57. The summed E-state index contributed by atoms with van der Waals surface area (Å²) in [6.45, 7) is 3.12. The van der Waals surface area contributed by atoms with Crippen LogP contribution in [0.3, 0.4) is 0 Å². The van der Waals surface area contributed by atoms with Crippen LogP contribution in [0.25, 0.3) is 0 Å². The number of piperidine rings is 1. The van der Waals surface area contributed by atoms with E-state index in [2.05, 4.69) is 9.64 Å². The molecule has 1 aromatic carbocycles. The fourth-order valence-electron chi connectivity index (χ4n) is 5.38. The van der Waals surface area contributed by atoms with Gasteiger partial charge in [-0.05, 0) is 62.0 Å². The van der Waals surface area contributed by atoms with Crippen LogP contribution >= 0.6 is 0 Å². The fourth-order valence-corrected chi connectivity index (χ4v) is 5.38. The van der Waals surface area contributed by atoms with Crippen LogP contribution in [0, 0.1) is 11.7 Å². The van der Waals surface area contributed by atoms with E-state index in [-0.39, 0.29) is 23.2 Å². The van der Waals surface area contributed by atoms with Gasteiger partial charge in [0.15, 0.2) is 6.61 Å². The summed E-state index contributed by atoms with van der Waals surface area (Å²) in [4.78, 5) is 31.8. The molecule has 0 aliphatic carbocycles. The third-order valence-electron chi connectivity index (χ3n) is 7.10. The number of nitrogens with zero attached hydrogens (tertiary/aromatic N) is 4. The fraction of sp³-hybridized carbons (Fsp3) is 0.652. The first kappa shape index (κ1) is 23.7. The van der Waals surface area contributed by atoms with E-state index in [0.29, 0.717) is 19.6 Å². The second kappa shape index (κ2) is 9.40. The van der Waals surface area contributed by atoms with Crippen LogP contribution < -0.4 is 4.90 Å². The summed E-state index contributed by atoms with van der Waals surface area (Å²) in [7, 11) is 3.43. The summed E-state index contributed by atoms with van der Waals surface area (Å²) in [5, 5.41) is 0. The number of ether oxygens (including phenoxy) is 1. The van der Waals surface area contributed by atoms with Gasteiger partial charge in [0.1, 0.15) is 5.82 Å². The molecular formula is C23H31F3N4O3. The van der Waals surface area contributed by atoms with Gasteiger partial charge in [-0.3, -0.25) is 4.90 Å². The lowest BCUT2D eigenvalue weighted by Crippen LogP contribution is -2.48. The van der Waals surface area contributed by atoms with Crippen molar-refractivity contribution in [2.24, 2.45) is 5.92 Å². The van der Waals surface area contributed by atoms with Gasteiger partial charge < -0.3 is 19.4 Å². The van der Waals surface area contributed by atoms with Crippen molar-refractivity contribution in [3.8, 4) is 0 Å². The van der Waals surface area contributed by atoms with Crippen molar-refractivity contribution in [1.29, 1.82) is 0 Å². The van der Waals surface area contributed by atoms with Gasteiger partial charge >= 0.3 is 12.1 Å². The summed E-state index contributed by atoms with van der Waals surface area (Å²) in [5.74, 6) is -0.0299. The highest BCUT2D eigenvalue weighted by molar-refractivity contribution is 5.95. The van der Waals surface area contributed by atoms with E-state index in [9.17, 15) is 22.8 Å². The SMILES string of the molecule is CN(C)C(=O)N1CC2(CCN(C[C@@H]3CCN(C(=O)OCC(F)F)C3)CC2)c2cc(F)ccc21. The van der Waals surface area contributed by atoms with Crippen molar-refractivity contribution in [1.82, 2.24) is 14.7 Å². The number of hydrogen-bond donors (Lipinski definition) is 0. The third kappa shape index (κ3) is 4.90. The zero-order valence-corrected chi connectivity index (χ0v) is 19.1. The summed E-state index contributed by atoms with van der Waals surface area (Å²) in [6.07, 6.45) is -0.900. The normalized spacial score (nSPS) is 22.2. The molecule has 0 aromatic heterocycles. The molecule has 0 saturated carbocycles. The van der Waals surface area contributed by atoms with Crippen molar-refractivity contribution in [2.75, 3.05) is 64.9 Å². The predicted molar refractivity (Wildman–Crippen MR) is 117 cm³/mol. The smallest absolute Gasteiger partial charge is 0.409 e. The van der Waals surface area contributed by atoms with Crippen LogP contribution in [-0.2, 0) is 10.2 Å². The van der Waals surface area contributed by atoms with Crippen molar-refractivity contribution in [3.05, 3.63) is 29.6 Å². The molecule has 0 N–H and O–H groups in total. The number of benzene rings is 1. The molecule has 0 bridgehead atoms. The van der Waals surface area contributed by atoms with Crippen molar-refractivity contribution in [2.45, 2.75) is 31.1 Å². The van der Waals surface area contributed by atoms with Crippen LogP contribution in [0.4, 0.5) is 28.4 Å². The lowest BCUT2D eigenvalue weighted by molar-refractivity contribution is 0.0341. The zero-order chi connectivity index (χ0) is 23.8. The van der Waals surface area contributed by atoms with Gasteiger partial charge in [-0.25, -0.2) is 22.8 Å². The van der Waals surface area contributed by atoms with Crippen LogP contribution in [0.15, 0.2) is 18.2 Å². The topological polar surface area (TPSA) is 56.3 Å². The van der Waals surface area contributed by atoms with E-state index in [4.69, 9.17) is 0 Å². The Kier molecular flexibility index (Phi) is 6.74. The molecule has 1 atom stereocenters. The van der Waals surface area contributed by atoms with Gasteiger partial charge in [0, 0.05) is 51.4 Å². The molecule has 3 heterocycles. The summed E-state index contributed by atoms with van der Waals surface area (Å²) in [6, 6.07) is 4.58. The summed E-state index contributed by atoms with van der Waals surface area (Å²) in [5.41, 5.74) is 1.43. The number of anilines is 1. The molecule has 2 saturated heterocycles. The van der Waals surface area contributed by atoms with Crippen molar-refractivity contribution < 1.29 is 27.5 Å². The third-order valence-corrected chi connectivity index (χ3v) is 7.10. The highest BCUT2D eigenvalue weighted by atomic mass is 19.3. The van der Waals surface area contributed by atoms with Gasteiger partial charge in [0.05, 0.1) is 0 Å². The van der Waals surface area contributed by atoms with Crippen molar-refractivity contribution in [3.63, 3.8) is 0 Å². The Hall–Kier alpha value is -2.49. The van der Waals surface area contributed by atoms with Crippen LogP contribution in [0.2, 0.25) is 0 Å². The molecule has 3 aliphatic rings. The molecule has 4 rings (SSSR count). The molecule has 2 fully saturated rings. The number of carbonyl (C=O) groups excluding carboxylic acids is 2. The Bertz CT molecular complexity index is 890. The number of urea groups is 1. The summed E-state index contributed by atoms with van der Waals surface area (Å²) >= 11 is 0. The van der Waals surface area contributed by atoms with Gasteiger partial charge in [-0.2, -0.15) is 0 Å². The second-order valence-electron chi connectivity index (χ2n) is 9.57. The Morgan fingerprint density at radius 1 is 1.21 bits per heavy atom. The minimum atomic E-state index is -2.66. The molecule has 3 amide bonds. The van der Waals surface area contributed by atoms with Crippen LogP contribution in [0.5, 0.6) is 0 Å². The molecule has 33 heavy (non-hydrogen) atoms. The predicted octanol–water partition coefficient (Wildman–Crippen LogP) is 3.38. The van der Waals surface area contributed by atoms with E-state index >= 15 is 0 Å². The number of amides is 3. The maximum atomic E-state index is 14.1. The number of likely N-dealkylation sites (tertiary alicyclic amines) is 2. The number of rotatable bonds is 4. The van der Waals surface area contributed by atoms with E-state index in [1.54, 1.807) is 36.0 Å². The lowest BCUT2D eigenvalue weighted by Gasteiger charge is -2.40. The highest BCUT2D eigenvalue weighted by Crippen LogP contribution is 2.47. The number of carbonyl (C=O) groups is 2. The first-order valence-corrected chi connectivity index (χ1v) is 11.4. The monoisotopic (exact) mass is 468 g/mol. The molecule has 3 aliphatic heterocycles. The molecule has 182 valence electrons. The largest absolute Gasteiger partial charge is 0.443 e. The first-order valence-electron chi connectivity index (χ1n) is 11.4. The molecule has 1 spiro atoms. The maximum Gasteiger partial charge on any atom is 0.409 e. The Morgan fingerprint density at radius 2 is 1.94 bits per heavy atom. The molecule has 0 unspecified atom stereocenters. The number of alkyl halides is 2. The molecule has 1 aromatic rings. The molecule has 7 nitrogen and oxygen atoms in total. The molecular weight excluding hydrogens is 437 g/mol. The summed E-state index contributed by atoms with van der Waals surface area (Å²) < 4.78 is 43.3. The van der Waals surface area contributed by atoms with E-state index in [0.717, 1.165) is 50.1 Å². The van der Waals surface area contributed by atoms with Gasteiger partial charge in [0.25, 0.3) is 6.43 Å². The van der Waals surface area contributed by atoms with E-state index < -0.39 is 19.1 Å². The van der Waals surface area contributed by atoms with Crippen LogP contribution in [0.1, 0.15) is 24.8 Å². The van der Waals surface area contributed by atoms with Crippen LogP contribution in [-0.4, -0.2) is 93.2 Å². The first-order chi connectivity index (χ1) is 15.7. The number of hydrogen-bond acceptors (Lipinski definition) is 4. The lowest BCUT2D eigenvalue weighted by atomic mass is 9.74. The van der Waals surface area contributed by atoms with E-state index in [1.807, 2.05) is 0 Å². The number of halogens is 3. The average Bonchev–Trinajstić information content (AvgIpc) is 3.36.